The molecule has 2 aromatic rings. The molecule has 0 amide bonds. The molecule has 0 atom stereocenters. The molecule has 3 heterocycles. The van der Waals surface area contributed by atoms with Gasteiger partial charge in [-0.2, -0.15) is 0 Å². The maximum Gasteiger partial charge on any atom is 0.131 e. The predicted octanol–water partition coefficient (Wildman–Crippen LogP) is 2.58. The van der Waals surface area contributed by atoms with Gasteiger partial charge >= 0.3 is 0 Å². The van der Waals surface area contributed by atoms with Gasteiger partial charge in [0.15, 0.2) is 0 Å². The average Bonchev–Trinajstić information content (AvgIpc) is 2.93. The van der Waals surface area contributed by atoms with Gasteiger partial charge in [-0.3, -0.25) is 0 Å². The lowest BCUT2D eigenvalue weighted by atomic mass is 10.4. The molecular formula is C14H18ClN5. The largest absolute Gasteiger partial charge is 0.399 e. The zero-order chi connectivity index (χ0) is 14.4. The zero-order valence-electron chi connectivity index (χ0n) is 11.2. The van der Waals surface area contributed by atoms with Crippen molar-refractivity contribution < 1.29 is 0 Å². The molecule has 106 valence electrons. The molecule has 20 heavy (non-hydrogen) atoms. The standard InChI is InChI=1S/C9H13N3.C5H5ClN2/c10-8-3-4-11-9(7-8)12-5-1-2-6-12;6-5-3-4(7)1-2-8-5/h3-4,7H,1-2,5-6H2,(H2,10,11);1-3H,(H2,7,8). The summed E-state index contributed by atoms with van der Waals surface area (Å²) in [6, 6.07) is 7.04. The third kappa shape index (κ3) is 4.28. The molecule has 1 fully saturated rings. The van der Waals surface area contributed by atoms with Crippen LogP contribution in [0.1, 0.15) is 12.8 Å². The summed E-state index contributed by atoms with van der Waals surface area (Å²) in [5.74, 6) is 1.02. The molecule has 0 bridgehead atoms. The summed E-state index contributed by atoms with van der Waals surface area (Å²) in [4.78, 5) is 10.3. The Labute approximate surface area is 123 Å². The van der Waals surface area contributed by atoms with Crippen LogP contribution in [0.25, 0.3) is 0 Å². The highest BCUT2D eigenvalue weighted by Crippen LogP contribution is 2.18. The van der Waals surface area contributed by atoms with E-state index in [0.717, 1.165) is 24.6 Å². The van der Waals surface area contributed by atoms with E-state index in [1.165, 1.54) is 12.8 Å². The lowest BCUT2D eigenvalue weighted by Crippen LogP contribution is -2.18. The Hall–Kier alpha value is -2.01. The van der Waals surface area contributed by atoms with E-state index in [9.17, 15) is 0 Å². The van der Waals surface area contributed by atoms with Gasteiger partial charge in [0, 0.05) is 42.9 Å². The first-order chi connectivity index (χ1) is 9.65. The van der Waals surface area contributed by atoms with Gasteiger partial charge in [0.1, 0.15) is 11.0 Å². The Morgan fingerprint density at radius 3 is 2.05 bits per heavy atom. The highest BCUT2D eigenvalue weighted by Gasteiger charge is 2.12. The molecule has 2 aromatic heterocycles. The van der Waals surface area contributed by atoms with E-state index in [2.05, 4.69) is 14.9 Å². The SMILES string of the molecule is Nc1ccnc(Cl)c1.Nc1ccnc(N2CCCC2)c1. The number of halogens is 1. The molecule has 1 aliphatic rings. The first-order valence-electron chi connectivity index (χ1n) is 6.48. The fourth-order valence-electron chi connectivity index (χ4n) is 1.97. The van der Waals surface area contributed by atoms with Crippen LogP contribution in [0.5, 0.6) is 0 Å². The van der Waals surface area contributed by atoms with Crippen molar-refractivity contribution in [2.45, 2.75) is 12.8 Å². The lowest BCUT2D eigenvalue weighted by Gasteiger charge is -2.15. The number of nitrogens with zero attached hydrogens (tertiary/aromatic N) is 3. The number of anilines is 3. The number of hydrogen-bond acceptors (Lipinski definition) is 5. The number of nitrogen functional groups attached to an aromatic ring is 2. The van der Waals surface area contributed by atoms with Gasteiger partial charge in [-0.05, 0) is 31.0 Å². The molecule has 4 N–H and O–H groups in total. The first kappa shape index (κ1) is 14.4. The van der Waals surface area contributed by atoms with Gasteiger partial charge in [-0.15, -0.1) is 0 Å². The highest BCUT2D eigenvalue weighted by molar-refractivity contribution is 6.29. The van der Waals surface area contributed by atoms with Gasteiger partial charge < -0.3 is 16.4 Å². The van der Waals surface area contributed by atoms with Crippen molar-refractivity contribution >= 4 is 28.8 Å². The van der Waals surface area contributed by atoms with E-state index in [1.54, 1.807) is 24.5 Å². The van der Waals surface area contributed by atoms with E-state index in [1.807, 2.05) is 12.1 Å². The fourth-order valence-corrected chi connectivity index (χ4v) is 2.15. The van der Waals surface area contributed by atoms with Gasteiger partial charge in [0.05, 0.1) is 0 Å². The molecule has 1 aliphatic heterocycles. The van der Waals surface area contributed by atoms with Crippen molar-refractivity contribution in [2.24, 2.45) is 0 Å². The average molecular weight is 292 g/mol. The van der Waals surface area contributed by atoms with Crippen molar-refractivity contribution in [1.82, 2.24) is 9.97 Å². The molecular weight excluding hydrogens is 274 g/mol. The van der Waals surface area contributed by atoms with Gasteiger partial charge in [-0.25, -0.2) is 9.97 Å². The number of aromatic nitrogens is 2. The third-order valence-corrected chi connectivity index (χ3v) is 3.16. The Morgan fingerprint density at radius 2 is 1.55 bits per heavy atom. The summed E-state index contributed by atoms with van der Waals surface area (Å²) in [6.07, 6.45) is 5.88. The quantitative estimate of drug-likeness (QED) is 0.789. The van der Waals surface area contributed by atoms with Crippen molar-refractivity contribution in [1.29, 1.82) is 0 Å². The number of nitrogens with two attached hydrogens (primary N) is 2. The van der Waals surface area contributed by atoms with Crippen molar-refractivity contribution in [3.05, 3.63) is 41.8 Å². The van der Waals surface area contributed by atoms with Crippen molar-refractivity contribution in [3.63, 3.8) is 0 Å². The molecule has 5 nitrogen and oxygen atoms in total. The monoisotopic (exact) mass is 291 g/mol. The normalized spacial score (nSPS) is 13.8. The minimum Gasteiger partial charge on any atom is -0.399 e. The number of rotatable bonds is 1. The van der Waals surface area contributed by atoms with E-state index in [-0.39, 0.29) is 0 Å². The van der Waals surface area contributed by atoms with Crippen molar-refractivity contribution in [2.75, 3.05) is 29.5 Å². The minimum absolute atomic E-state index is 0.435. The smallest absolute Gasteiger partial charge is 0.131 e. The Bertz CT molecular complexity index is 538. The van der Waals surface area contributed by atoms with Gasteiger partial charge in [-0.1, -0.05) is 11.6 Å². The summed E-state index contributed by atoms with van der Waals surface area (Å²) < 4.78 is 0. The molecule has 3 rings (SSSR count). The number of hydrogen-bond donors (Lipinski definition) is 2. The van der Waals surface area contributed by atoms with Crippen LogP contribution in [0.4, 0.5) is 17.2 Å². The minimum atomic E-state index is 0.435. The Kier molecular flexibility index (Phi) is 5.01. The predicted molar refractivity (Wildman–Crippen MR) is 83.8 cm³/mol. The summed E-state index contributed by atoms with van der Waals surface area (Å²) in [7, 11) is 0. The molecule has 6 heteroatoms. The summed E-state index contributed by atoms with van der Waals surface area (Å²) in [5, 5.41) is 0.435. The van der Waals surface area contributed by atoms with E-state index in [4.69, 9.17) is 23.1 Å². The number of pyridine rings is 2. The second kappa shape index (κ2) is 6.96. The molecule has 0 saturated carbocycles. The summed E-state index contributed by atoms with van der Waals surface area (Å²) in [5.41, 5.74) is 12.4. The third-order valence-electron chi connectivity index (χ3n) is 2.95. The highest BCUT2D eigenvalue weighted by atomic mass is 35.5. The second-order valence-corrected chi connectivity index (χ2v) is 4.94. The zero-order valence-corrected chi connectivity index (χ0v) is 11.9. The van der Waals surface area contributed by atoms with Crippen LogP contribution in [-0.4, -0.2) is 23.1 Å². The summed E-state index contributed by atoms with van der Waals surface area (Å²) in [6.45, 7) is 2.24. The van der Waals surface area contributed by atoms with Crippen LogP contribution in [0, 0.1) is 0 Å². The molecule has 0 aliphatic carbocycles. The van der Waals surface area contributed by atoms with Crippen LogP contribution in [0.3, 0.4) is 0 Å². The van der Waals surface area contributed by atoms with E-state index >= 15 is 0 Å². The molecule has 1 saturated heterocycles. The van der Waals surface area contributed by atoms with Gasteiger partial charge in [0.2, 0.25) is 0 Å². The van der Waals surface area contributed by atoms with Crippen LogP contribution in [0.2, 0.25) is 5.15 Å². The fraction of sp³-hybridized carbons (Fsp3) is 0.286. The maximum atomic E-state index is 5.66. The molecule has 0 radical (unpaired) electrons. The summed E-state index contributed by atoms with van der Waals surface area (Å²) >= 11 is 5.45. The maximum absolute atomic E-state index is 5.66. The van der Waals surface area contributed by atoms with E-state index < -0.39 is 0 Å². The molecule has 0 unspecified atom stereocenters. The Morgan fingerprint density at radius 1 is 0.950 bits per heavy atom. The first-order valence-corrected chi connectivity index (χ1v) is 6.86. The van der Waals surface area contributed by atoms with Crippen LogP contribution in [0.15, 0.2) is 36.7 Å². The molecule has 0 aromatic carbocycles. The van der Waals surface area contributed by atoms with Crippen molar-refractivity contribution in [3.8, 4) is 0 Å². The van der Waals surface area contributed by atoms with E-state index in [0.29, 0.717) is 10.8 Å². The second-order valence-electron chi connectivity index (χ2n) is 4.55. The van der Waals surface area contributed by atoms with Crippen LogP contribution < -0.4 is 16.4 Å². The topological polar surface area (TPSA) is 81.1 Å². The van der Waals surface area contributed by atoms with Gasteiger partial charge in [0.25, 0.3) is 0 Å². The van der Waals surface area contributed by atoms with Crippen LogP contribution >= 0.6 is 11.6 Å². The van der Waals surface area contributed by atoms with Crippen LogP contribution in [-0.2, 0) is 0 Å². The Balaban J connectivity index is 0.000000160. The lowest BCUT2D eigenvalue weighted by molar-refractivity contribution is 0.938. The molecule has 0 spiro atoms.